The molecule has 0 heterocycles. The van der Waals surface area contributed by atoms with Gasteiger partial charge >= 0.3 is 0 Å². The van der Waals surface area contributed by atoms with Gasteiger partial charge in [-0.3, -0.25) is 0 Å². The molecule has 0 spiro atoms. The molecule has 0 aliphatic carbocycles. The van der Waals surface area contributed by atoms with Gasteiger partial charge in [0.05, 0.1) is 7.11 Å². The SMILES string of the molecule is C=C/C=C(\N=C/C/C(C)=C/C=C(C)/C=C\C(=C)C)OC. The van der Waals surface area contributed by atoms with Crippen LogP contribution in [0.5, 0.6) is 0 Å². The van der Waals surface area contributed by atoms with E-state index in [4.69, 9.17) is 4.74 Å². The zero-order valence-corrected chi connectivity index (χ0v) is 13.0. The van der Waals surface area contributed by atoms with Gasteiger partial charge in [-0.1, -0.05) is 60.3 Å². The Kier molecular flexibility index (Phi) is 9.67. The number of hydrogen-bond acceptors (Lipinski definition) is 2. The summed E-state index contributed by atoms with van der Waals surface area (Å²) in [6.07, 6.45) is 14.2. The van der Waals surface area contributed by atoms with E-state index in [2.05, 4.69) is 50.2 Å². The Labute approximate surface area is 123 Å². The summed E-state index contributed by atoms with van der Waals surface area (Å²) < 4.78 is 5.07. The van der Waals surface area contributed by atoms with E-state index in [-0.39, 0.29) is 0 Å². The first-order chi connectivity index (χ1) is 9.49. The highest BCUT2D eigenvalue weighted by atomic mass is 16.5. The fraction of sp³-hybridized carbons (Fsp3) is 0.278. The molecule has 0 N–H and O–H groups in total. The maximum atomic E-state index is 5.07. The molecule has 0 saturated carbocycles. The second-order valence-electron chi connectivity index (χ2n) is 4.56. The number of nitrogens with zero attached hydrogens (tertiary/aromatic N) is 1. The predicted molar refractivity (Wildman–Crippen MR) is 89.9 cm³/mol. The van der Waals surface area contributed by atoms with Crippen molar-refractivity contribution in [2.45, 2.75) is 27.2 Å². The minimum Gasteiger partial charge on any atom is -0.481 e. The molecule has 2 heteroatoms. The van der Waals surface area contributed by atoms with Crippen LogP contribution in [-0.4, -0.2) is 13.3 Å². The van der Waals surface area contributed by atoms with E-state index in [1.54, 1.807) is 19.3 Å². The fourth-order valence-electron chi connectivity index (χ4n) is 1.22. The minimum atomic E-state index is 0.559. The number of allylic oxidation sites excluding steroid dienone is 9. The quantitative estimate of drug-likeness (QED) is 0.340. The molecule has 0 unspecified atom stereocenters. The van der Waals surface area contributed by atoms with E-state index in [9.17, 15) is 0 Å². The van der Waals surface area contributed by atoms with E-state index < -0.39 is 0 Å². The van der Waals surface area contributed by atoms with Crippen LogP contribution < -0.4 is 0 Å². The highest BCUT2D eigenvalue weighted by Crippen LogP contribution is 2.04. The van der Waals surface area contributed by atoms with Gasteiger partial charge < -0.3 is 4.74 Å². The summed E-state index contributed by atoms with van der Waals surface area (Å²) in [6.45, 7) is 13.6. The highest BCUT2D eigenvalue weighted by molar-refractivity contribution is 5.62. The van der Waals surface area contributed by atoms with Crippen LogP contribution in [0.2, 0.25) is 0 Å². The van der Waals surface area contributed by atoms with Crippen LogP contribution in [-0.2, 0) is 4.74 Å². The van der Waals surface area contributed by atoms with E-state index >= 15 is 0 Å². The molecule has 0 aromatic carbocycles. The first-order valence-corrected chi connectivity index (χ1v) is 6.56. The lowest BCUT2D eigenvalue weighted by Crippen LogP contribution is -1.84. The van der Waals surface area contributed by atoms with Crippen molar-refractivity contribution in [2.75, 3.05) is 7.11 Å². The summed E-state index contributed by atoms with van der Waals surface area (Å²) in [7, 11) is 1.59. The molecule has 0 amide bonds. The second-order valence-corrected chi connectivity index (χ2v) is 4.56. The molecule has 20 heavy (non-hydrogen) atoms. The topological polar surface area (TPSA) is 21.6 Å². The van der Waals surface area contributed by atoms with Gasteiger partial charge in [-0.25, -0.2) is 4.99 Å². The van der Waals surface area contributed by atoms with Crippen molar-refractivity contribution in [3.63, 3.8) is 0 Å². The van der Waals surface area contributed by atoms with Gasteiger partial charge in [0.2, 0.25) is 5.88 Å². The zero-order chi connectivity index (χ0) is 15.4. The summed E-state index contributed by atoms with van der Waals surface area (Å²) in [6, 6.07) is 0. The lowest BCUT2D eigenvalue weighted by atomic mass is 10.1. The Bertz CT molecular complexity index is 474. The third kappa shape index (κ3) is 9.89. The van der Waals surface area contributed by atoms with Crippen LogP contribution in [0, 0.1) is 0 Å². The Morgan fingerprint density at radius 1 is 1.10 bits per heavy atom. The molecule has 0 saturated heterocycles. The van der Waals surface area contributed by atoms with E-state index in [1.807, 2.05) is 19.2 Å². The summed E-state index contributed by atoms with van der Waals surface area (Å²) in [5, 5.41) is 0. The van der Waals surface area contributed by atoms with Gasteiger partial charge in [0.1, 0.15) is 0 Å². The number of rotatable bonds is 8. The molecular weight excluding hydrogens is 246 g/mol. The normalized spacial score (nSPS) is 14.1. The van der Waals surface area contributed by atoms with Crippen LogP contribution in [0.4, 0.5) is 0 Å². The van der Waals surface area contributed by atoms with Crippen molar-refractivity contribution in [3.05, 3.63) is 72.2 Å². The van der Waals surface area contributed by atoms with E-state index in [0.717, 1.165) is 12.0 Å². The molecule has 0 bridgehead atoms. The Hall–Kier alpha value is -2.09. The summed E-state index contributed by atoms with van der Waals surface area (Å²) >= 11 is 0. The maximum absolute atomic E-state index is 5.07. The minimum absolute atomic E-state index is 0.559. The average Bonchev–Trinajstić information content (AvgIpc) is 2.41. The summed E-state index contributed by atoms with van der Waals surface area (Å²) in [5.41, 5.74) is 3.46. The monoisotopic (exact) mass is 271 g/mol. The van der Waals surface area contributed by atoms with Gasteiger partial charge in [-0.05, 0) is 26.8 Å². The molecule has 0 radical (unpaired) electrons. The van der Waals surface area contributed by atoms with Gasteiger partial charge in [-0.15, -0.1) is 0 Å². The van der Waals surface area contributed by atoms with Crippen LogP contribution in [0.1, 0.15) is 27.2 Å². The Morgan fingerprint density at radius 2 is 1.80 bits per heavy atom. The fourth-order valence-corrected chi connectivity index (χ4v) is 1.22. The van der Waals surface area contributed by atoms with Crippen molar-refractivity contribution in [1.82, 2.24) is 0 Å². The first-order valence-electron chi connectivity index (χ1n) is 6.56. The van der Waals surface area contributed by atoms with Gasteiger partial charge in [0.25, 0.3) is 0 Å². The third-order valence-corrected chi connectivity index (χ3v) is 2.36. The van der Waals surface area contributed by atoms with Crippen LogP contribution in [0.15, 0.2) is 77.2 Å². The zero-order valence-electron chi connectivity index (χ0n) is 13.0. The molecule has 0 aromatic rings. The third-order valence-electron chi connectivity index (χ3n) is 2.36. The number of aliphatic imine (C=N–C) groups is 1. The van der Waals surface area contributed by atoms with Crippen LogP contribution in [0.25, 0.3) is 0 Å². The second kappa shape index (κ2) is 10.8. The standard InChI is InChI=1S/C18H25NO/c1-7-8-18(20-6)19-14-13-17(5)12-11-16(4)10-9-15(2)3/h7-12,14H,1-2,13H2,3-6H3/b10-9-,16-11+,17-12+,18-8+,19-14-. The molecule has 0 rings (SSSR count). The summed E-state index contributed by atoms with van der Waals surface area (Å²) in [5.74, 6) is 0.559. The van der Waals surface area contributed by atoms with Crippen molar-refractivity contribution in [3.8, 4) is 0 Å². The molecule has 108 valence electrons. The average molecular weight is 271 g/mol. The van der Waals surface area contributed by atoms with Crippen molar-refractivity contribution in [2.24, 2.45) is 4.99 Å². The van der Waals surface area contributed by atoms with Gasteiger partial charge in [0, 0.05) is 12.6 Å². The Morgan fingerprint density at radius 3 is 2.35 bits per heavy atom. The van der Waals surface area contributed by atoms with Gasteiger partial charge in [0.15, 0.2) is 0 Å². The molecule has 0 aliphatic rings. The largest absolute Gasteiger partial charge is 0.481 e. The smallest absolute Gasteiger partial charge is 0.212 e. The van der Waals surface area contributed by atoms with Gasteiger partial charge in [-0.2, -0.15) is 0 Å². The Balaban J connectivity index is 4.50. The van der Waals surface area contributed by atoms with Crippen molar-refractivity contribution < 1.29 is 4.74 Å². The lowest BCUT2D eigenvalue weighted by molar-refractivity contribution is 0.289. The molecule has 0 aromatic heterocycles. The highest BCUT2D eigenvalue weighted by Gasteiger charge is 1.89. The predicted octanol–water partition coefficient (Wildman–Crippen LogP) is 5.15. The summed E-state index contributed by atoms with van der Waals surface area (Å²) in [4.78, 5) is 4.21. The molecule has 0 aliphatic heterocycles. The molecule has 0 fully saturated rings. The van der Waals surface area contributed by atoms with E-state index in [0.29, 0.717) is 5.88 Å². The molecule has 2 nitrogen and oxygen atoms in total. The lowest BCUT2D eigenvalue weighted by Gasteiger charge is -1.98. The number of ether oxygens (including phenoxy) is 1. The maximum Gasteiger partial charge on any atom is 0.212 e. The first kappa shape index (κ1) is 17.9. The van der Waals surface area contributed by atoms with Crippen LogP contribution in [0.3, 0.4) is 0 Å². The van der Waals surface area contributed by atoms with E-state index in [1.165, 1.54) is 11.1 Å². The number of methoxy groups -OCH3 is 1. The molecule has 0 atom stereocenters. The number of hydrogen-bond donors (Lipinski definition) is 0. The molecular formula is C18H25NO. The van der Waals surface area contributed by atoms with Crippen LogP contribution >= 0.6 is 0 Å². The van der Waals surface area contributed by atoms with Crippen molar-refractivity contribution in [1.29, 1.82) is 0 Å². The van der Waals surface area contributed by atoms with Crippen molar-refractivity contribution >= 4 is 6.21 Å².